The van der Waals surface area contributed by atoms with Crippen molar-refractivity contribution in [3.05, 3.63) is 92.9 Å². The van der Waals surface area contributed by atoms with Crippen LogP contribution in [0.25, 0.3) is 0 Å². The second-order valence-electron chi connectivity index (χ2n) is 10.8. The van der Waals surface area contributed by atoms with E-state index in [0.29, 0.717) is 10.6 Å². The molecule has 214 valence electrons. The minimum atomic E-state index is -4.17. The van der Waals surface area contributed by atoms with E-state index in [4.69, 9.17) is 11.6 Å². The van der Waals surface area contributed by atoms with Crippen molar-refractivity contribution in [2.75, 3.05) is 10.8 Å². The van der Waals surface area contributed by atoms with Gasteiger partial charge in [0.05, 0.1) is 10.6 Å². The minimum Gasteiger partial charge on any atom is -0.350 e. The molecule has 0 saturated carbocycles. The molecule has 10 heteroatoms. The van der Waals surface area contributed by atoms with Crippen LogP contribution >= 0.6 is 27.5 Å². The van der Waals surface area contributed by atoms with E-state index >= 15 is 0 Å². The quantitative estimate of drug-likeness (QED) is 0.297. The Labute approximate surface area is 250 Å². The number of carbonyl (C=O) groups is 2. The smallest absolute Gasteiger partial charge is 0.264 e. The Morgan fingerprint density at radius 1 is 1.00 bits per heavy atom. The van der Waals surface area contributed by atoms with Crippen LogP contribution in [0.1, 0.15) is 44.4 Å². The van der Waals surface area contributed by atoms with Gasteiger partial charge in [0, 0.05) is 21.6 Å². The summed E-state index contributed by atoms with van der Waals surface area (Å²) < 4.78 is 29.9. The van der Waals surface area contributed by atoms with Crippen LogP contribution in [0.3, 0.4) is 0 Å². The van der Waals surface area contributed by atoms with Gasteiger partial charge in [-0.2, -0.15) is 0 Å². The molecule has 0 spiro atoms. The lowest BCUT2D eigenvalue weighted by Gasteiger charge is -2.34. The lowest BCUT2D eigenvalue weighted by Crippen LogP contribution is -2.54. The molecule has 0 aromatic heterocycles. The number of anilines is 1. The summed E-state index contributed by atoms with van der Waals surface area (Å²) in [5, 5.41) is 3.30. The Morgan fingerprint density at radius 3 is 2.23 bits per heavy atom. The van der Waals surface area contributed by atoms with Crippen LogP contribution in [0.5, 0.6) is 0 Å². The van der Waals surface area contributed by atoms with Crippen LogP contribution in [0, 0.1) is 13.8 Å². The number of sulfonamides is 1. The fraction of sp³-hybridized carbons (Fsp3) is 0.333. The van der Waals surface area contributed by atoms with Crippen molar-refractivity contribution in [1.82, 2.24) is 10.2 Å². The predicted molar refractivity (Wildman–Crippen MR) is 164 cm³/mol. The molecule has 3 aromatic carbocycles. The third kappa shape index (κ3) is 7.86. The zero-order valence-corrected chi connectivity index (χ0v) is 26.7. The number of rotatable bonds is 9. The molecule has 0 saturated heterocycles. The average molecular weight is 649 g/mol. The Morgan fingerprint density at radius 2 is 1.62 bits per heavy atom. The molecule has 3 aromatic rings. The minimum absolute atomic E-state index is 0.0438. The number of hydrogen-bond acceptors (Lipinski definition) is 4. The van der Waals surface area contributed by atoms with Gasteiger partial charge < -0.3 is 10.2 Å². The van der Waals surface area contributed by atoms with Crippen molar-refractivity contribution in [2.24, 2.45) is 0 Å². The molecule has 0 heterocycles. The zero-order chi connectivity index (χ0) is 29.8. The largest absolute Gasteiger partial charge is 0.350 e. The van der Waals surface area contributed by atoms with E-state index in [1.54, 1.807) is 44.2 Å². The van der Waals surface area contributed by atoms with E-state index < -0.39 is 34.1 Å². The zero-order valence-electron chi connectivity index (χ0n) is 23.5. The third-order valence-corrected chi connectivity index (χ3v) is 8.98. The SMILES string of the molecule is Cc1ccc(S(=O)(=O)N(CC(=O)N(Cc2cccc(Br)c2)C(C)C(=O)NC(C)(C)C)c2cccc(Cl)c2C)cc1. The molecule has 0 aliphatic heterocycles. The van der Waals surface area contributed by atoms with Crippen molar-refractivity contribution < 1.29 is 18.0 Å². The summed E-state index contributed by atoms with van der Waals surface area (Å²) in [7, 11) is -4.17. The lowest BCUT2D eigenvalue weighted by molar-refractivity contribution is -0.140. The first kappa shape index (κ1) is 31.6. The summed E-state index contributed by atoms with van der Waals surface area (Å²) in [6, 6.07) is 17.9. The molecule has 1 N–H and O–H groups in total. The van der Waals surface area contributed by atoms with Crippen LogP contribution in [0.2, 0.25) is 5.02 Å². The third-order valence-electron chi connectivity index (χ3n) is 6.30. The van der Waals surface area contributed by atoms with Gasteiger partial charge in [-0.15, -0.1) is 0 Å². The Kier molecular flexibility index (Phi) is 10.1. The number of nitrogens with one attached hydrogen (secondary N) is 1. The van der Waals surface area contributed by atoms with Crippen molar-refractivity contribution in [3.8, 4) is 0 Å². The van der Waals surface area contributed by atoms with Gasteiger partial charge in [-0.05, 0) is 89.1 Å². The molecule has 7 nitrogen and oxygen atoms in total. The first-order valence-electron chi connectivity index (χ1n) is 12.8. The Hall–Kier alpha value is -2.88. The second-order valence-corrected chi connectivity index (χ2v) is 14.0. The number of aryl methyl sites for hydroxylation is 1. The maximum Gasteiger partial charge on any atom is 0.264 e. The lowest BCUT2D eigenvalue weighted by atomic mass is 10.1. The maximum atomic E-state index is 14.1. The summed E-state index contributed by atoms with van der Waals surface area (Å²) in [6.45, 7) is 10.4. The van der Waals surface area contributed by atoms with Gasteiger partial charge in [0.15, 0.2) is 0 Å². The summed E-state index contributed by atoms with van der Waals surface area (Å²) >= 11 is 9.83. The van der Waals surface area contributed by atoms with Crippen molar-refractivity contribution in [2.45, 2.75) is 64.6 Å². The van der Waals surface area contributed by atoms with Gasteiger partial charge in [-0.25, -0.2) is 8.42 Å². The number of hydrogen-bond donors (Lipinski definition) is 1. The normalized spacial score (nSPS) is 12.5. The highest BCUT2D eigenvalue weighted by Crippen LogP contribution is 2.31. The standard InChI is InChI=1S/C30H35BrClN3O4S/c1-20-13-15-25(16-14-20)40(38,39)35(27-12-8-11-26(32)21(27)2)19-28(36)34(18-23-9-7-10-24(31)17-23)22(3)29(37)33-30(4,5)6/h7-17,22H,18-19H2,1-6H3,(H,33,37). The van der Waals surface area contributed by atoms with Gasteiger partial charge in [0.1, 0.15) is 12.6 Å². The van der Waals surface area contributed by atoms with E-state index in [-0.39, 0.29) is 23.0 Å². The summed E-state index contributed by atoms with van der Waals surface area (Å²) in [5.41, 5.74) is 1.97. The highest BCUT2D eigenvalue weighted by atomic mass is 79.9. The van der Waals surface area contributed by atoms with Crippen LogP contribution in [-0.2, 0) is 26.2 Å². The second kappa shape index (κ2) is 12.7. The van der Waals surface area contributed by atoms with Gasteiger partial charge in [-0.3, -0.25) is 13.9 Å². The molecule has 0 fully saturated rings. The molecule has 0 aliphatic carbocycles. The monoisotopic (exact) mass is 647 g/mol. The topological polar surface area (TPSA) is 86.8 Å². The van der Waals surface area contributed by atoms with E-state index in [1.165, 1.54) is 17.0 Å². The number of benzene rings is 3. The number of halogens is 2. The van der Waals surface area contributed by atoms with E-state index in [2.05, 4.69) is 21.2 Å². The van der Waals surface area contributed by atoms with Crippen molar-refractivity contribution in [3.63, 3.8) is 0 Å². The first-order valence-corrected chi connectivity index (χ1v) is 15.4. The first-order chi connectivity index (χ1) is 18.6. The van der Waals surface area contributed by atoms with Crippen LogP contribution in [0.4, 0.5) is 5.69 Å². The average Bonchev–Trinajstić information content (AvgIpc) is 2.86. The van der Waals surface area contributed by atoms with Crippen molar-refractivity contribution in [1.29, 1.82) is 0 Å². The molecule has 3 rings (SSSR count). The summed E-state index contributed by atoms with van der Waals surface area (Å²) in [5.74, 6) is -0.880. The molecule has 0 radical (unpaired) electrons. The predicted octanol–water partition coefficient (Wildman–Crippen LogP) is 6.25. The van der Waals surface area contributed by atoms with E-state index in [9.17, 15) is 18.0 Å². The summed E-state index contributed by atoms with van der Waals surface area (Å²) in [4.78, 5) is 28.7. The number of nitrogens with zero attached hydrogens (tertiary/aromatic N) is 2. The molecular weight excluding hydrogens is 614 g/mol. The Balaban J connectivity index is 2.08. The molecule has 0 aliphatic rings. The number of amides is 2. The maximum absolute atomic E-state index is 14.1. The fourth-order valence-corrected chi connectivity index (χ4v) is 6.19. The van der Waals surface area contributed by atoms with Crippen LogP contribution in [-0.4, -0.2) is 43.3 Å². The highest BCUT2D eigenvalue weighted by molar-refractivity contribution is 9.10. The molecular formula is C30H35BrClN3O4S. The van der Waals surface area contributed by atoms with Gasteiger partial charge >= 0.3 is 0 Å². The molecule has 0 bridgehead atoms. The van der Waals surface area contributed by atoms with Crippen molar-refractivity contribution >= 4 is 55.1 Å². The molecule has 1 unspecified atom stereocenters. The molecule has 1 atom stereocenters. The summed E-state index contributed by atoms with van der Waals surface area (Å²) in [6.07, 6.45) is 0. The van der Waals surface area contributed by atoms with Gasteiger partial charge in [0.25, 0.3) is 10.0 Å². The fourth-order valence-electron chi connectivity index (χ4n) is 4.11. The van der Waals surface area contributed by atoms with E-state index in [1.807, 2.05) is 52.0 Å². The molecule has 40 heavy (non-hydrogen) atoms. The van der Waals surface area contributed by atoms with Gasteiger partial charge in [0.2, 0.25) is 11.8 Å². The van der Waals surface area contributed by atoms with Crippen LogP contribution < -0.4 is 9.62 Å². The Bertz CT molecular complexity index is 1490. The highest BCUT2D eigenvalue weighted by Gasteiger charge is 2.34. The molecule has 2 amide bonds. The van der Waals surface area contributed by atoms with Crippen LogP contribution in [0.15, 0.2) is 76.1 Å². The van der Waals surface area contributed by atoms with E-state index in [0.717, 1.165) is 19.9 Å². The number of carbonyl (C=O) groups excluding carboxylic acids is 2. The van der Waals surface area contributed by atoms with Gasteiger partial charge in [-0.1, -0.05) is 63.4 Å².